The molecule has 0 spiro atoms. The van der Waals surface area contributed by atoms with Gasteiger partial charge in [-0.15, -0.1) is 0 Å². The lowest BCUT2D eigenvalue weighted by Gasteiger charge is -2.30. The van der Waals surface area contributed by atoms with Gasteiger partial charge in [-0.25, -0.2) is 19.0 Å². The van der Waals surface area contributed by atoms with Gasteiger partial charge in [0.2, 0.25) is 5.88 Å². The first-order valence-electron chi connectivity index (χ1n) is 20.3. The van der Waals surface area contributed by atoms with Crippen molar-refractivity contribution >= 4 is 46.8 Å². The van der Waals surface area contributed by atoms with Crippen molar-refractivity contribution in [2.75, 3.05) is 96.1 Å². The largest absolute Gasteiger partial charge is 0.479 e. The van der Waals surface area contributed by atoms with Crippen LogP contribution in [0.4, 0.5) is 48.6 Å². The highest BCUT2D eigenvalue weighted by molar-refractivity contribution is 5.75. The van der Waals surface area contributed by atoms with Crippen LogP contribution in [0.5, 0.6) is 5.88 Å². The maximum atomic E-state index is 14.2. The van der Waals surface area contributed by atoms with Crippen LogP contribution in [-0.4, -0.2) is 126 Å². The van der Waals surface area contributed by atoms with E-state index in [9.17, 15) is 14.0 Å². The molecule has 4 aromatic heterocycles. The number of hydrogen-bond acceptors (Lipinski definition) is 14. The first-order chi connectivity index (χ1) is 28.9. The van der Waals surface area contributed by atoms with Gasteiger partial charge in [-0.1, -0.05) is 0 Å². The van der Waals surface area contributed by atoms with Crippen molar-refractivity contribution in [2.24, 2.45) is 0 Å². The number of halogens is 1. The Morgan fingerprint density at radius 3 is 1.90 bits per heavy atom. The summed E-state index contributed by atoms with van der Waals surface area (Å²) in [6.07, 6.45) is 4.74. The number of rotatable bonds is 7. The Hall–Kier alpha value is -5.89. The summed E-state index contributed by atoms with van der Waals surface area (Å²) in [5, 5.41) is 12.6. The monoisotopic (exact) mass is 833 g/mol. The minimum absolute atomic E-state index is 0.120. The number of pyridine rings is 2. The molecular formula is C40H56FN13O6. The van der Waals surface area contributed by atoms with Crippen LogP contribution in [0.25, 0.3) is 0 Å². The number of nitrogens with one attached hydrogen (secondary N) is 1. The predicted octanol–water partition coefficient (Wildman–Crippen LogP) is 4.24. The van der Waals surface area contributed by atoms with Gasteiger partial charge in [0.1, 0.15) is 11.5 Å². The van der Waals surface area contributed by atoms with Gasteiger partial charge in [0.05, 0.1) is 50.8 Å². The van der Waals surface area contributed by atoms with E-state index >= 15 is 0 Å². The average Bonchev–Trinajstić information content (AvgIpc) is 3.86. The summed E-state index contributed by atoms with van der Waals surface area (Å²) in [6.45, 7) is 6.79. The maximum absolute atomic E-state index is 14.2. The molecule has 8 rings (SSSR count). The fourth-order valence-electron chi connectivity index (χ4n) is 8.49. The standard InChI is InChI=1S/C20H28FN7O2.C20H28N6O4/c1-12-17(10-15(21)18(22)24-12)26(3)19-14-11-27(20(29)23-2)7-4-16(14)28(25-19)13-5-8-30-9-6-13;1-24(16-4-5-17(21)22-19(16)28-2)18-14-12-25(20(27)29-3)9-6-15(14)26(23-18)13-7-10-30-11-8-13/h10,13H,4-9,11H2,1-3H3,(H2,22,24)(H,23,29);4-5,13H,6-12H2,1-3H3,(H2,21,22). The number of ether oxygens (including phenoxy) is 4. The summed E-state index contributed by atoms with van der Waals surface area (Å²) >= 11 is 0. The number of anilines is 6. The zero-order valence-corrected chi connectivity index (χ0v) is 35.2. The molecule has 4 aliphatic heterocycles. The van der Waals surface area contributed by atoms with Crippen LogP contribution >= 0.6 is 0 Å². The third-order valence-corrected chi connectivity index (χ3v) is 11.7. The first kappa shape index (κ1) is 42.2. The maximum Gasteiger partial charge on any atom is 0.409 e. The topological polar surface area (TPSA) is 210 Å². The molecule has 0 unspecified atom stereocenters. The van der Waals surface area contributed by atoms with Gasteiger partial charge in [-0.2, -0.15) is 15.2 Å². The van der Waals surface area contributed by atoms with Crippen molar-refractivity contribution in [3.63, 3.8) is 0 Å². The second-order valence-corrected chi connectivity index (χ2v) is 15.3. The van der Waals surface area contributed by atoms with E-state index in [2.05, 4.69) is 24.6 Å². The van der Waals surface area contributed by atoms with E-state index in [-0.39, 0.29) is 30.0 Å². The van der Waals surface area contributed by atoms with E-state index in [0.29, 0.717) is 74.7 Å². The molecule has 2 fully saturated rings. The Morgan fingerprint density at radius 2 is 1.37 bits per heavy atom. The van der Waals surface area contributed by atoms with E-state index in [1.54, 1.807) is 36.9 Å². The molecule has 0 aliphatic carbocycles. The predicted molar refractivity (Wildman–Crippen MR) is 222 cm³/mol. The number of carbonyl (C=O) groups is 2. The third-order valence-electron chi connectivity index (χ3n) is 11.7. The van der Waals surface area contributed by atoms with Gasteiger partial charge in [-0.3, -0.25) is 9.36 Å². The van der Waals surface area contributed by atoms with Gasteiger partial charge >= 0.3 is 12.1 Å². The lowest BCUT2D eigenvalue weighted by molar-refractivity contribution is 0.0649. The van der Waals surface area contributed by atoms with E-state index < -0.39 is 5.82 Å². The molecule has 4 aromatic rings. The molecular weight excluding hydrogens is 778 g/mol. The molecule has 0 aromatic carbocycles. The number of fused-ring (bicyclic) bond motifs is 2. The number of nitrogens with zero attached hydrogens (tertiary/aromatic N) is 10. The summed E-state index contributed by atoms with van der Waals surface area (Å²) in [7, 11) is 8.36. The number of hydrogen-bond donors (Lipinski definition) is 3. The van der Waals surface area contributed by atoms with Gasteiger partial charge < -0.3 is 55.3 Å². The van der Waals surface area contributed by atoms with Gasteiger partial charge in [-0.05, 0) is 44.7 Å². The normalized spacial score (nSPS) is 16.9. The fraction of sp³-hybridized carbons (Fsp3) is 0.550. The lowest BCUT2D eigenvalue weighted by atomic mass is 10.0. The summed E-state index contributed by atoms with van der Waals surface area (Å²) in [4.78, 5) is 40.1. The SMILES string of the molecule is CNC(=O)N1CCc2c(c(N(C)c3cc(F)c(N)nc3C)nn2C2CCOCC2)C1.COC(=O)N1CCc2c(c(N(C)c3ccc(N)nc3OC)nn2C2CCOCC2)C1. The summed E-state index contributed by atoms with van der Waals surface area (Å²) in [5.41, 5.74) is 17.7. The van der Waals surface area contributed by atoms with E-state index in [0.717, 1.165) is 79.3 Å². The van der Waals surface area contributed by atoms with Crippen molar-refractivity contribution in [3.8, 4) is 5.88 Å². The molecule has 0 bridgehead atoms. The fourth-order valence-corrected chi connectivity index (χ4v) is 8.49. The lowest BCUT2D eigenvalue weighted by Crippen LogP contribution is -2.41. The number of aromatic nitrogens is 6. The molecule has 0 saturated carbocycles. The van der Waals surface area contributed by atoms with Gasteiger partial charge in [0, 0.05) is 102 Å². The smallest absolute Gasteiger partial charge is 0.409 e. The number of methoxy groups -OCH3 is 2. The Bertz CT molecular complexity index is 2180. The summed E-state index contributed by atoms with van der Waals surface area (Å²) in [6, 6.07) is 5.40. The Balaban J connectivity index is 0.000000181. The highest BCUT2D eigenvalue weighted by atomic mass is 19.1. The Morgan fingerprint density at radius 1 is 0.833 bits per heavy atom. The average molecular weight is 834 g/mol. The van der Waals surface area contributed by atoms with Crippen LogP contribution in [0.1, 0.15) is 66.0 Å². The number of urea groups is 1. The van der Waals surface area contributed by atoms with Crippen LogP contribution < -0.4 is 31.3 Å². The molecule has 2 saturated heterocycles. The molecule has 20 heteroatoms. The molecule has 4 aliphatic rings. The molecule has 0 radical (unpaired) electrons. The second kappa shape index (κ2) is 18.2. The van der Waals surface area contributed by atoms with Gasteiger partial charge in [0.15, 0.2) is 23.3 Å². The third kappa shape index (κ3) is 8.43. The Labute approximate surface area is 348 Å². The molecule has 19 nitrogen and oxygen atoms in total. The van der Waals surface area contributed by atoms with Crippen LogP contribution in [0, 0.1) is 12.7 Å². The zero-order chi connectivity index (χ0) is 42.7. The number of nitrogens with two attached hydrogens (primary N) is 2. The number of carbonyl (C=O) groups excluding carboxylic acids is 2. The van der Waals surface area contributed by atoms with Crippen molar-refractivity contribution in [2.45, 2.75) is 70.6 Å². The summed E-state index contributed by atoms with van der Waals surface area (Å²) < 4.78 is 39.8. The number of aryl methyl sites for hydroxylation is 1. The zero-order valence-electron chi connectivity index (χ0n) is 35.2. The minimum Gasteiger partial charge on any atom is -0.479 e. The summed E-state index contributed by atoms with van der Waals surface area (Å²) in [5.74, 6) is 1.61. The van der Waals surface area contributed by atoms with Crippen LogP contribution in [0.15, 0.2) is 18.2 Å². The van der Waals surface area contributed by atoms with Crippen molar-refractivity contribution in [1.29, 1.82) is 0 Å². The van der Waals surface area contributed by atoms with E-state index in [1.165, 1.54) is 13.2 Å². The molecule has 60 heavy (non-hydrogen) atoms. The number of amides is 3. The van der Waals surface area contributed by atoms with E-state index in [4.69, 9.17) is 40.6 Å². The minimum atomic E-state index is -0.563. The van der Waals surface area contributed by atoms with Crippen molar-refractivity contribution < 1.29 is 32.9 Å². The van der Waals surface area contributed by atoms with Crippen molar-refractivity contribution in [3.05, 3.63) is 52.2 Å². The highest BCUT2D eigenvalue weighted by Gasteiger charge is 2.34. The van der Waals surface area contributed by atoms with Gasteiger partial charge in [0.25, 0.3) is 0 Å². The van der Waals surface area contributed by atoms with Crippen LogP contribution in [0.2, 0.25) is 0 Å². The first-order valence-corrected chi connectivity index (χ1v) is 20.3. The van der Waals surface area contributed by atoms with Crippen LogP contribution in [0.3, 0.4) is 0 Å². The highest BCUT2D eigenvalue weighted by Crippen LogP contribution is 2.39. The molecule has 8 heterocycles. The molecule has 324 valence electrons. The number of nitrogen functional groups attached to an aromatic ring is 2. The Kier molecular flexibility index (Phi) is 12.8. The molecule has 5 N–H and O–H groups in total. The van der Waals surface area contributed by atoms with Crippen LogP contribution in [-0.2, 0) is 40.1 Å². The quantitative estimate of drug-likeness (QED) is 0.238. The second-order valence-electron chi connectivity index (χ2n) is 15.3. The molecule has 0 atom stereocenters. The van der Waals surface area contributed by atoms with Crippen molar-refractivity contribution in [1.82, 2.24) is 44.6 Å². The van der Waals surface area contributed by atoms with E-state index in [1.807, 2.05) is 30.0 Å². The molecule has 3 amide bonds.